The third-order valence-electron chi connectivity index (χ3n) is 3.49. The molecule has 7 nitrogen and oxygen atoms in total. The van der Waals surface area contributed by atoms with Crippen molar-refractivity contribution in [2.75, 3.05) is 11.4 Å². The van der Waals surface area contributed by atoms with Gasteiger partial charge in [-0.2, -0.15) is 9.38 Å². The fourth-order valence-corrected chi connectivity index (χ4v) is 3.33. The van der Waals surface area contributed by atoms with Crippen molar-refractivity contribution in [1.29, 1.82) is 0 Å². The lowest BCUT2D eigenvalue weighted by Gasteiger charge is -2.28. The lowest BCUT2D eigenvalue weighted by Crippen LogP contribution is -2.38. The number of aromatic nitrogens is 2. The van der Waals surface area contributed by atoms with Crippen LogP contribution >= 0.6 is 11.3 Å². The van der Waals surface area contributed by atoms with Crippen LogP contribution in [0.3, 0.4) is 0 Å². The molecule has 126 valence electrons. The van der Waals surface area contributed by atoms with Gasteiger partial charge in [-0.3, -0.25) is 0 Å². The van der Waals surface area contributed by atoms with Crippen LogP contribution in [-0.4, -0.2) is 31.6 Å². The first-order valence-corrected chi connectivity index (χ1v) is 8.34. The van der Waals surface area contributed by atoms with Crippen molar-refractivity contribution in [3.8, 4) is 0 Å². The zero-order valence-corrected chi connectivity index (χ0v) is 14.2. The number of rotatable bonds is 6. The molecule has 0 saturated carbocycles. The van der Waals surface area contributed by atoms with Gasteiger partial charge in [0, 0.05) is 18.5 Å². The van der Waals surface area contributed by atoms with Gasteiger partial charge in [-0.25, -0.2) is 0 Å². The SMILES string of the molecule is CC(C)(O)CN(Cc1ccccc1)c1nc2sccn2c1[N+](=O)[O-]. The Morgan fingerprint density at radius 3 is 2.71 bits per heavy atom. The second-order valence-corrected chi connectivity index (χ2v) is 7.10. The molecular weight excluding hydrogens is 328 g/mol. The molecule has 3 rings (SSSR count). The standard InChI is InChI=1S/C16H18N4O3S/c1-16(2,21)11-18(10-12-6-4-3-5-7-12)13-14(20(22)23)19-8-9-24-15(19)17-13/h3-9,21H,10-11H2,1-2H3. The van der Waals surface area contributed by atoms with Gasteiger partial charge in [-0.1, -0.05) is 41.7 Å². The summed E-state index contributed by atoms with van der Waals surface area (Å²) in [6, 6.07) is 9.64. The van der Waals surface area contributed by atoms with Gasteiger partial charge in [-0.05, 0) is 24.3 Å². The zero-order chi connectivity index (χ0) is 17.3. The maximum Gasteiger partial charge on any atom is 0.373 e. The summed E-state index contributed by atoms with van der Waals surface area (Å²) in [5, 5.41) is 23.6. The van der Waals surface area contributed by atoms with E-state index in [1.165, 1.54) is 15.7 Å². The molecule has 0 amide bonds. The first-order chi connectivity index (χ1) is 11.3. The van der Waals surface area contributed by atoms with E-state index in [1.54, 1.807) is 30.3 Å². The molecular formula is C16H18N4O3S. The molecule has 0 aliphatic carbocycles. The lowest BCUT2D eigenvalue weighted by molar-refractivity contribution is -0.389. The van der Waals surface area contributed by atoms with Crippen LogP contribution in [-0.2, 0) is 6.54 Å². The first-order valence-electron chi connectivity index (χ1n) is 7.46. The van der Waals surface area contributed by atoms with Crippen molar-refractivity contribution in [2.45, 2.75) is 26.0 Å². The van der Waals surface area contributed by atoms with Gasteiger partial charge in [0.15, 0.2) is 0 Å². The van der Waals surface area contributed by atoms with Crippen molar-refractivity contribution in [2.24, 2.45) is 0 Å². The second kappa shape index (κ2) is 6.21. The summed E-state index contributed by atoms with van der Waals surface area (Å²) in [6.45, 7) is 4.01. The monoisotopic (exact) mass is 346 g/mol. The highest BCUT2D eigenvalue weighted by Crippen LogP contribution is 2.32. The maximum absolute atomic E-state index is 11.6. The summed E-state index contributed by atoms with van der Waals surface area (Å²) >= 11 is 1.34. The van der Waals surface area contributed by atoms with Crippen LogP contribution in [0.4, 0.5) is 11.6 Å². The summed E-state index contributed by atoms with van der Waals surface area (Å²) in [7, 11) is 0. The van der Waals surface area contributed by atoms with E-state index in [0.717, 1.165) is 5.56 Å². The fourth-order valence-electron chi connectivity index (χ4n) is 2.62. The van der Waals surface area contributed by atoms with Crippen molar-refractivity contribution < 1.29 is 10.0 Å². The zero-order valence-electron chi connectivity index (χ0n) is 13.4. The molecule has 1 N–H and O–H groups in total. The summed E-state index contributed by atoms with van der Waals surface area (Å²) in [6.07, 6.45) is 1.64. The third kappa shape index (κ3) is 3.39. The molecule has 0 aliphatic rings. The van der Waals surface area contributed by atoms with E-state index in [0.29, 0.717) is 11.5 Å². The first kappa shape index (κ1) is 16.4. The van der Waals surface area contributed by atoms with Gasteiger partial charge < -0.3 is 20.1 Å². The molecule has 2 aromatic heterocycles. The van der Waals surface area contributed by atoms with Gasteiger partial charge in [0.1, 0.15) is 6.20 Å². The summed E-state index contributed by atoms with van der Waals surface area (Å²) in [4.78, 5) is 17.9. The highest BCUT2D eigenvalue weighted by molar-refractivity contribution is 7.15. The normalized spacial score (nSPS) is 11.8. The maximum atomic E-state index is 11.6. The number of anilines is 1. The molecule has 8 heteroatoms. The number of hydrogen-bond donors (Lipinski definition) is 1. The van der Waals surface area contributed by atoms with E-state index in [9.17, 15) is 15.2 Å². The van der Waals surface area contributed by atoms with Crippen molar-refractivity contribution in [3.05, 3.63) is 57.6 Å². The van der Waals surface area contributed by atoms with E-state index >= 15 is 0 Å². The number of benzene rings is 1. The Morgan fingerprint density at radius 2 is 2.08 bits per heavy atom. The van der Waals surface area contributed by atoms with E-state index in [1.807, 2.05) is 30.3 Å². The summed E-state index contributed by atoms with van der Waals surface area (Å²) < 4.78 is 1.47. The highest BCUT2D eigenvalue weighted by Gasteiger charge is 2.30. The van der Waals surface area contributed by atoms with E-state index in [-0.39, 0.29) is 18.2 Å². The van der Waals surface area contributed by atoms with E-state index < -0.39 is 10.5 Å². The van der Waals surface area contributed by atoms with Gasteiger partial charge in [0.05, 0.1) is 5.60 Å². The number of fused-ring (bicyclic) bond motifs is 1. The number of aliphatic hydroxyl groups is 1. The Hall–Kier alpha value is -2.45. The Labute approximate surface area is 142 Å². The molecule has 0 bridgehead atoms. The Balaban J connectivity index is 2.06. The second-order valence-electron chi connectivity index (χ2n) is 6.23. The Morgan fingerprint density at radius 1 is 1.38 bits per heavy atom. The average Bonchev–Trinajstić information content (AvgIpc) is 3.05. The summed E-state index contributed by atoms with van der Waals surface area (Å²) in [5.74, 6) is 0.198. The van der Waals surface area contributed by atoms with Crippen LogP contribution in [0.2, 0.25) is 0 Å². The number of thiazole rings is 1. The Bertz CT molecular complexity index is 851. The van der Waals surface area contributed by atoms with Crippen LogP contribution < -0.4 is 4.90 Å². The number of nitro groups is 1. The fraction of sp³-hybridized carbons (Fsp3) is 0.312. The van der Waals surface area contributed by atoms with Gasteiger partial charge >= 0.3 is 5.82 Å². The smallest absolute Gasteiger partial charge is 0.373 e. The quantitative estimate of drug-likeness (QED) is 0.548. The third-order valence-corrected chi connectivity index (χ3v) is 4.24. The molecule has 2 heterocycles. The lowest BCUT2D eigenvalue weighted by atomic mass is 10.1. The van der Waals surface area contributed by atoms with Crippen LogP contribution in [0.15, 0.2) is 41.9 Å². The minimum Gasteiger partial charge on any atom is -0.389 e. The molecule has 0 spiro atoms. The van der Waals surface area contributed by atoms with Gasteiger partial charge in [-0.15, -0.1) is 0 Å². The van der Waals surface area contributed by atoms with Gasteiger partial charge in [0.25, 0.3) is 4.96 Å². The number of hydrogen-bond acceptors (Lipinski definition) is 6. The molecule has 3 aromatic rings. The molecule has 0 radical (unpaired) electrons. The minimum absolute atomic E-state index is 0.0774. The van der Waals surface area contributed by atoms with Crippen molar-refractivity contribution in [1.82, 2.24) is 9.38 Å². The van der Waals surface area contributed by atoms with Crippen LogP contribution in [0.1, 0.15) is 19.4 Å². The largest absolute Gasteiger partial charge is 0.389 e. The number of imidazole rings is 1. The van der Waals surface area contributed by atoms with Crippen molar-refractivity contribution >= 4 is 27.9 Å². The Kier molecular flexibility index (Phi) is 4.25. The van der Waals surface area contributed by atoms with Crippen LogP contribution in [0.25, 0.3) is 4.96 Å². The number of nitrogens with zero attached hydrogens (tertiary/aromatic N) is 4. The predicted molar refractivity (Wildman–Crippen MR) is 93.5 cm³/mol. The van der Waals surface area contributed by atoms with Crippen LogP contribution in [0, 0.1) is 10.1 Å². The predicted octanol–water partition coefficient (Wildman–Crippen LogP) is 3.08. The molecule has 0 unspecified atom stereocenters. The topological polar surface area (TPSA) is 83.9 Å². The van der Waals surface area contributed by atoms with Gasteiger partial charge in [0.2, 0.25) is 5.82 Å². The highest BCUT2D eigenvalue weighted by atomic mass is 32.1. The molecule has 0 fully saturated rings. The van der Waals surface area contributed by atoms with E-state index in [2.05, 4.69) is 4.98 Å². The average molecular weight is 346 g/mol. The van der Waals surface area contributed by atoms with Crippen LogP contribution in [0.5, 0.6) is 0 Å². The van der Waals surface area contributed by atoms with E-state index in [4.69, 9.17) is 0 Å². The van der Waals surface area contributed by atoms with Crippen molar-refractivity contribution in [3.63, 3.8) is 0 Å². The summed E-state index contributed by atoms with van der Waals surface area (Å²) in [5.41, 5.74) is -0.0212. The molecule has 0 aliphatic heterocycles. The molecule has 0 atom stereocenters. The minimum atomic E-state index is -1.01. The molecule has 0 saturated heterocycles. The molecule has 1 aromatic carbocycles. The molecule has 24 heavy (non-hydrogen) atoms.